The lowest BCUT2D eigenvalue weighted by Crippen LogP contribution is -1.83. The van der Waals surface area contributed by atoms with Gasteiger partial charge in [0.05, 0.1) is 0 Å². The fraction of sp³-hybridized carbons (Fsp3) is 0. The SMILES string of the molecule is Fc1[c]c2ccc[c]c2cc1F. The molecule has 0 aromatic heterocycles. The highest BCUT2D eigenvalue weighted by Crippen LogP contribution is 2.16. The van der Waals surface area contributed by atoms with Crippen LogP contribution in [0.1, 0.15) is 0 Å². The molecule has 0 N–H and O–H groups in total. The molecule has 0 spiro atoms. The molecule has 2 aromatic rings. The number of hydrogen-bond donors (Lipinski definition) is 0. The Morgan fingerprint density at radius 3 is 2.83 bits per heavy atom. The van der Waals surface area contributed by atoms with Crippen LogP contribution >= 0.6 is 0 Å². The molecule has 58 valence electrons. The second-order valence-electron chi connectivity index (χ2n) is 2.43. The number of benzene rings is 2. The molecule has 2 heteroatoms. The standard InChI is InChI=1S/C10H4F2/c11-9-5-7-3-1-2-4-8(7)6-10(9)12/h1-3,6H. The minimum atomic E-state index is -0.943. The number of rotatable bonds is 0. The fourth-order valence-corrected chi connectivity index (χ4v) is 1.05. The van der Waals surface area contributed by atoms with E-state index in [1.807, 2.05) is 0 Å². The molecule has 2 radical (unpaired) electrons. The van der Waals surface area contributed by atoms with E-state index < -0.39 is 11.6 Å². The summed E-state index contributed by atoms with van der Waals surface area (Å²) < 4.78 is 25.2. The van der Waals surface area contributed by atoms with Crippen LogP contribution in [0.25, 0.3) is 10.8 Å². The van der Waals surface area contributed by atoms with Crippen LogP contribution in [0.2, 0.25) is 0 Å². The van der Waals surface area contributed by atoms with Crippen molar-refractivity contribution in [3.63, 3.8) is 0 Å². The van der Waals surface area contributed by atoms with Crippen LogP contribution < -0.4 is 0 Å². The lowest BCUT2D eigenvalue weighted by molar-refractivity contribution is 0.509. The van der Waals surface area contributed by atoms with Crippen LogP contribution in [0.15, 0.2) is 24.3 Å². The summed E-state index contributed by atoms with van der Waals surface area (Å²) in [7, 11) is 0. The van der Waals surface area contributed by atoms with E-state index in [2.05, 4.69) is 12.1 Å². The topological polar surface area (TPSA) is 0 Å². The normalized spacial score (nSPS) is 10.5. The number of halogens is 2. The minimum Gasteiger partial charge on any atom is -0.204 e. The van der Waals surface area contributed by atoms with Crippen LogP contribution in [0, 0.1) is 23.8 Å². The molecule has 0 bridgehead atoms. The third-order valence-corrected chi connectivity index (χ3v) is 1.61. The molecule has 0 heterocycles. The largest absolute Gasteiger partial charge is 0.204 e. The third kappa shape index (κ3) is 1.05. The predicted octanol–water partition coefficient (Wildman–Crippen LogP) is 2.72. The second kappa shape index (κ2) is 2.55. The summed E-state index contributed by atoms with van der Waals surface area (Å²) in [5, 5.41) is 1.08. The maximum atomic E-state index is 12.6. The van der Waals surface area contributed by atoms with Crippen molar-refractivity contribution in [1.29, 1.82) is 0 Å². The Morgan fingerprint density at radius 2 is 2.00 bits per heavy atom. The molecule has 0 saturated carbocycles. The van der Waals surface area contributed by atoms with Gasteiger partial charge in [0, 0.05) is 6.07 Å². The Kier molecular flexibility index (Phi) is 1.54. The molecular formula is C10H4F2. The Morgan fingerprint density at radius 1 is 1.17 bits per heavy atom. The zero-order valence-corrected chi connectivity index (χ0v) is 6.07. The van der Waals surface area contributed by atoms with Crippen LogP contribution in [0.3, 0.4) is 0 Å². The van der Waals surface area contributed by atoms with Crippen molar-refractivity contribution in [2.45, 2.75) is 0 Å². The fourth-order valence-electron chi connectivity index (χ4n) is 1.05. The van der Waals surface area contributed by atoms with Crippen molar-refractivity contribution >= 4 is 10.8 Å². The van der Waals surface area contributed by atoms with Crippen LogP contribution in [-0.2, 0) is 0 Å². The van der Waals surface area contributed by atoms with Gasteiger partial charge in [-0.2, -0.15) is 0 Å². The minimum absolute atomic E-state index is 0.538. The number of fused-ring (bicyclic) bond motifs is 1. The van der Waals surface area contributed by atoms with Gasteiger partial charge in [-0.15, -0.1) is 0 Å². The molecule has 0 atom stereocenters. The van der Waals surface area contributed by atoms with E-state index in [0.717, 1.165) is 6.07 Å². The summed E-state index contributed by atoms with van der Waals surface area (Å²) in [6.07, 6.45) is 0. The summed E-state index contributed by atoms with van der Waals surface area (Å²) in [5.41, 5.74) is 0. The first kappa shape index (κ1) is 7.22. The highest BCUT2D eigenvalue weighted by atomic mass is 19.2. The van der Waals surface area contributed by atoms with E-state index in [0.29, 0.717) is 10.8 Å². The quantitative estimate of drug-likeness (QED) is 0.558. The van der Waals surface area contributed by atoms with Gasteiger partial charge in [-0.05, 0) is 22.9 Å². The average molecular weight is 162 g/mol. The molecule has 0 aliphatic rings. The van der Waals surface area contributed by atoms with E-state index in [1.54, 1.807) is 18.2 Å². The molecule has 0 saturated heterocycles. The van der Waals surface area contributed by atoms with Crippen LogP contribution in [0.4, 0.5) is 8.78 Å². The summed E-state index contributed by atoms with van der Waals surface area (Å²) in [5.74, 6) is -1.83. The van der Waals surface area contributed by atoms with Crippen LogP contribution in [-0.4, -0.2) is 0 Å². The summed E-state index contributed by atoms with van der Waals surface area (Å²) in [6.45, 7) is 0. The molecule has 0 unspecified atom stereocenters. The zero-order valence-electron chi connectivity index (χ0n) is 6.07. The molecule has 0 nitrogen and oxygen atoms in total. The van der Waals surface area contributed by atoms with Gasteiger partial charge in [0.1, 0.15) is 0 Å². The van der Waals surface area contributed by atoms with E-state index in [-0.39, 0.29) is 0 Å². The summed E-state index contributed by atoms with van der Waals surface area (Å²) in [4.78, 5) is 0. The van der Waals surface area contributed by atoms with Crippen molar-refractivity contribution in [2.75, 3.05) is 0 Å². The van der Waals surface area contributed by atoms with Crippen molar-refractivity contribution < 1.29 is 8.78 Å². The van der Waals surface area contributed by atoms with Gasteiger partial charge in [0.15, 0.2) is 11.6 Å². The molecule has 0 aliphatic carbocycles. The van der Waals surface area contributed by atoms with Crippen molar-refractivity contribution in [2.24, 2.45) is 0 Å². The van der Waals surface area contributed by atoms with Gasteiger partial charge in [-0.1, -0.05) is 18.2 Å². The summed E-state index contributed by atoms with van der Waals surface area (Å²) in [6, 6.07) is 11.2. The van der Waals surface area contributed by atoms with E-state index in [1.165, 1.54) is 0 Å². The van der Waals surface area contributed by atoms with Gasteiger partial charge in [0.25, 0.3) is 0 Å². The Bertz CT molecular complexity index is 381. The van der Waals surface area contributed by atoms with Crippen molar-refractivity contribution in [3.8, 4) is 0 Å². The monoisotopic (exact) mass is 162 g/mol. The maximum absolute atomic E-state index is 12.6. The first-order valence-corrected chi connectivity index (χ1v) is 3.45. The van der Waals surface area contributed by atoms with Gasteiger partial charge in [-0.3, -0.25) is 0 Å². The smallest absolute Gasteiger partial charge is 0.167 e. The van der Waals surface area contributed by atoms with Gasteiger partial charge >= 0.3 is 0 Å². The molecule has 2 aromatic carbocycles. The van der Waals surface area contributed by atoms with Crippen LogP contribution in [0.5, 0.6) is 0 Å². The van der Waals surface area contributed by atoms with Crippen molar-refractivity contribution in [3.05, 3.63) is 48.0 Å². The lowest BCUT2D eigenvalue weighted by atomic mass is 10.1. The predicted molar refractivity (Wildman–Crippen MR) is 41.5 cm³/mol. The van der Waals surface area contributed by atoms with Gasteiger partial charge in [0.2, 0.25) is 0 Å². The first-order chi connectivity index (χ1) is 5.77. The lowest BCUT2D eigenvalue weighted by Gasteiger charge is -1.96. The first-order valence-electron chi connectivity index (χ1n) is 3.45. The Balaban J connectivity index is 2.84. The molecule has 0 amide bonds. The molecule has 0 aliphatic heterocycles. The molecule has 0 fully saturated rings. The average Bonchev–Trinajstić information content (AvgIpc) is 2.07. The highest BCUT2D eigenvalue weighted by molar-refractivity contribution is 5.81. The van der Waals surface area contributed by atoms with E-state index in [9.17, 15) is 8.78 Å². The van der Waals surface area contributed by atoms with E-state index in [4.69, 9.17) is 0 Å². The molecule has 2 rings (SSSR count). The Hall–Kier alpha value is -1.44. The molecular weight excluding hydrogens is 158 g/mol. The third-order valence-electron chi connectivity index (χ3n) is 1.61. The summed E-state index contributed by atoms with van der Waals surface area (Å²) >= 11 is 0. The van der Waals surface area contributed by atoms with Gasteiger partial charge in [-0.25, -0.2) is 8.78 Å². The number of hydrogen-bond acceptors (Lipinski definition) is 0. The van der Waals surface area contributed by atoms with Gasteiger partial charge < -0.3 is 0 Å². The molecule has 12 heavy (non-hydrogen) atoms. The Labute approximate surface area is 68.4 Å². The highest BCUT2D eigenvalue weighted by Gasteiger charge is 2.02. The van der Waals surface area contributed by atoms with E-state index >= 15 is 0 Å². The zero-order chi connectivity index (χ0) is 8.55. The van der Waals surface area contributed by atoms with Crippen molar-refractivity contribution in [1.82, 2.24) is 0 Å². The second-order valence-corrected chi connectivity index (χ2v) is 2.43. The maximum Gasteiger partial charge on any atom is 0.167 e.